The van der Waals surface area contributed by atoms with Crippen LogP contribution >= 0.6 is 11.5 Å². The van der Waals surface area contributed by atoms with Crippen LogP contribution in [0.15, 0.2) is 54.6 Å². The first-order valence-electron chi connectivity index (χ1n) is 10.0. The molecule has 30 heavy (non-hydrogen) atoms. The van der Waals surface area contributed by atoms with Crippen LogP contribution in [-0.2, 0) is 17.6 Å². The van der Waals surface area contributed by atoms with Crippen molar-refractivity contribution in [1.82, 2.24) is 14.7 Å². The summed E-state index contributed by atoms with van der Waals surface area (Å²) in [5.74, 6) is 1.55. The number of benzene rings is 2. The van der Waals surface area contributed by atoms with E-state index in [9.17, 15) is 4.79 Å². The van der Waals surface area contributed by atoms with Crippen LogP contribution in [0.3, 0.4) is 0 Å². The van der Waals surface area contributed by atoms with E-state index in [0.29, 0.717) is 6.42 Å². The average molecular weight is 425 g/mol. The molecule has 1 amide bonds. The number of anilines is 1. The second kappa shape index (κ2) is 10.7. The molecule has 6 nitrogen and oxygen atoms in total. The second-order valence-corrected chi connectivity index (χ2v) is 8.10. The molecule has 1 aromatic heterocycles. The van der Waals surface area contributed by atoms with Crippen LogP contribution in [0.25, 0.3) is 0 Å². The Balaban J connectivity index is 1.47. The maximum Gasteiger partial charge on any atom is 0.239 e. The normalized spacial score (nSPS) is 11.7. The van der Waals surface area contributed by atoms with Gasteiger partial charge in [0.1, 0.15) is 11.6 Å². The molecular weight excluding hydrogens is 396 g/mol. The van der Waals surface area contributed by atoms with Gasteiger partial charge in [-0.3, -0.25) is 4.79 Å². The molecule has 0 aliphatic rings. The van der Waals surface area contributed by atoms with Crippen LogP contribution in [-0.4, -0.2) is 42.0 Å². The predicted molar refractivity (Wildman–Crippen MR) is 121 cm³/mol. The molecule has 0 aliphatic heterocycles. The molecule has 0 saturated heterocycles. The number of hydrogen-bond acceptors (Lipinski definition) is 6. The lowest BCUT2D eigenvalue weighted by molar-refractivity contribution is -0.120. The summed E-state index contributed by atoms with van der Waals surface area (Å²) in [6.45, 7) is 2.29. The van der Waals surface area contributed by atoms with E-state index in [2.05, 4.69) is 26.8 Å². The monoisotopic (exact) mass is 424 g/mol. The Morgan fingerprint density at radius 2 is 1.93 bits per heavy atom. The molecule has 0 saturated carbocycles. The number of amides is 1. The summed E-state index contributed by atoms with van der Waals surface area (Å²) in [4.78, 5) is 18.8. The summed E-state index contributed by atoms with van der Waals surface area (Å²) in [5, 5.41) is 3.81. The first-order chi connectivity index (χ1) is 14.5. The quantitative estimate of drug-likeness (QED) is 0.537. The Morgan fingerprint density at radius 1 is 1.17 bits per heavy atom. The van der Waals surface area contributed by atoms with Crippen molar-refractivity contribution in [1.29, 1.82) is 0 Å². The molecule has 1 N–H and O–H groups in total. The highest BCUT2D eigenvalue weighted by atomic mass is 32.1. The van der Waals surface area contributed by atoms with Crippen molar-refractivity contribution in [2.75, 3.05) is 25.6 Å². The van der Waals surface area contributed by atoms with E-state index < -0.39 is 0 Å². The van der Waals surface area contributed by atoms with Gasteiger partial charge in [0, 0.05) is 31.0 Å². The van der Waals surface area contributed by atoms with Crippen molar-refractivity contribution >= 4 is 22.6 Å². The summed E-state index contributed by atoms with van der Waals surface area (Å²) in [5.41, 5.74) is 2.37. The molecule has 0 bridgehead atoms. The highest BCUT2D eigenvalue weighted by Gasteiger charge is 2.14. The first-order valence-corrected chi connectivity index (χ1v) is 10.8. The molecule has 7 heteroatoms. The maximum atomic E-state index is 12.4. The van der Waals surface area contributed by atoms with E-state index in [4.69, 9.17) is 4.74 Å². The zero-order valence-electron chi connectivity index (χ0n) is 17.7. The second-order valence-electron chi connectivity index (χ2n) is 7.37. The summed E-state index contributed by atoms with van der Waals surface area (Å²) >= 11 is 1.31. The molecule has 2 aromatic carbocycles. The number of nitrogens with zero attached hydrogens (tertiary/aromatic N) is 3. The van der Waals surface area contributed by atoms with Gasteiger partial charge < -0.3 is 15.0 Å². The molecule has 0 radical (unpaired) electrons. The predicted octanol–water partition coefficient (Wildman–Crippen LogP) is 3.71. The number of carbonyl (C=O) groups is 1. The standard InChI is InChI=1S/C23H28N4O2S/c1-17(12-13-18-8-5-4-6-9-18)24-22(28)16-27(2)23-25-21(26-30-23)15-19-10-7-11-20(14-19)29-3/h4-11,14,17H,12-13,15-16H2,1-3H3,(H,24,28). The summed E-state index contributed by atoms with van der Waals surface area (Å²) < 4.78 is 9.70. The number of carbonyl (C=O) groups excluding carboxylic acids is 1. The van der Waals surface area contributed by atoms with Crippen LogP contribution in [0, 0.1) is 0 Å². The largest absolute Gasteiger partial charge is 0.497 e. The van der Waals surface area contributed by atoms with Crippen LogP contribution in [0.2, 0.25) is 0 Å². The van der Waals surface area contributed by atoms with E-state index in [1.165, 1.54) is 17.1 Å². The number of methoxy groups -OCH3 is 1. The summed E-state index contributed by atoms with van der Waals surface area (Å²) in [6.07, 6.45) is 2.48. The Bertz CT molecular complexity index is 945. The first kappa shape index (κ1) is 21.8. The van der Waals surface area contributed by atoms with Gasteiger partial charge in [0.15, 0.2) is 0 Å². The summed E-state index contributed by atoms with van der Waals surface area (Å²) in [6, 6.07) is 18.3. The molecule has 1 heterocycles. The van der Waals surface area contributed by atoms with Crippen molar-refractivity contribution in [3.63, 3.8) is 0 Å². The average Bonchev–Trinajstić information content (AvgIpc) is 3.21. The van der Waals surface area contributed by atoms with E-state index in [1.807, 2.05) is 61.3 Å². The number of aromatic nitrogens is 2. The lowest BCUT2D eigenvalue weighted by atomic mass is 10.1. The van der Waals surface area contributed by atoms with Crippen LogP contribution < -0.4 is 15.0 Å². The Morgan fingerprint density at radius 3 is 2.70 bits per heavy atom. The number of ether oxygens (including phenoxy) is 1. The fourth-order valence-corrected chi connectivity index (χ4v) is 3.78. The molecule has 1 unspecified atom stereocenters. The zero-order valence-corrected chi connectivity index (χ0v) is 18.5. The van der Waals surface area contributed by atoms with Crippen molar-refractivity contribution in [2.45, 2.75) is 32.2 Å². The molecule has 0 aliphatic carbocycles. The third kappa shape index (κ3) is 6.56. The van der Waals surface area contributed by atoms with Gasteiger partial charge >= 0.3 is 0 Å². The minimum atomic E-state index is -0.0115. The van der Waals surface area contributed by atoms with Gasteiger partial charge in [-0.05, 0) is 43.0 Å². The minimum Gasteiger partial charge on any atom is -0.497 e. The molecule has 3 aromatic rings. The van der Waals surface area contributed by atoms with E-state index >= 15 is 0 Å². The van der Waals surface area contributed by atoms with E-state index in [-0.39, 0.29) is 18.5 Å². The van der Waals surface area contributed by atoms with Gasteiger partial charge in [0.05, 0.1) is 13.7 Å². The van der Waals surface area contributed by atoms with Crippen molar-refractivity contribution in [2.24, 2.45) is 0 Å². The molecule has 0 fully saturated rings. The van der Waals surface area contributed by atoms with Gasteiger partial charge in [-0.1, -0.05) is 42.5 Å². The number of nitrogens with one attached hydrogen (secondary N) is 1. The molecule has 3 rings (SSSR count). The SMILES string of the molecule is COc1cccc(Cc2nsc(N(C)CC(=O)NC(C)CCc3ccccc3)n2)c1. The van der Waals surface area contributed by atoms with E-state index in [1.54, 1.807) is 7.11 Å². The number of rotatable bonds is 10. The lowest BCUT2D eigenvalue weighted by Crippen LogP contribution is -2.40. The maximum absolute atomic E-state index is 12.4. The molecule has 158 valence electrons. The fourth-order valence-electron chi connectivity index (χ4n) is 3.14. The zero-order chi connectivity index (χ0) is 21.3. The van der Waals surface area contributed by atoms with E-state index in [0.717, 1.165) is 35.1 Å². The van der Waals surface area contributed by atoms with Gasteiger partial charge in [0.2, 0.25) is 11.0 Å². The van der Waals surface area contributed by atoms with Gasteiger partial charge in [0.25, 0.3) is 0 Å². The van der Waals surface area contributed by atoms with Gasteiger partial charge in [-0.15, -0.1) is 0 Å². The van der Waals surface area contributed by atoms with Crippen LogP contribution in [0.5, 0.6) is 5.75 Å². The molecule has 0 spiro atoms. The molecular formula is C23H28N4O2S. The number of hydrogen-bond donors (Lipinski definition) is 1. The Hall–Kier alpha value is -2.93. The summed E-state index contributed by atoms with van der Waals surface area (Å²) in [7, 11) is 3.52. The lowest BCUT2D eigenvalue weighted by Gasteiger charge is -2.18. The highest BCUT2D eigenvalue weighted by Crippen LogP contribution is 2.19. The third-order valence-electron chi connectivity index (χ3n) is 4.78. The Kier molecular flexibility index (Phi) is 7.79. The highest BCUT2D eigenvalue weighted by molar-refractivity contribution is 7.09. The smallest absolute Gasteiger partial charge is 0.239 e. The van der Waals surface area contributed by atoms with Crippen LogP contribution in [0.4, 0.5) is 5.13 Å². The number of aryl methyl sites for hydroxylation is 1. The minimum absolute atomic E-state index is 0.0115. The molecule has 1 atom stereocenters. The topological polar surface area (TPSA) is 67.3 Å². The third-order valence-corrected chi connectivity index (χ3v) is 5.65. The number of likely N-dealkylation sites (N-methyl/N-ethyl adjacent to an activating group) is 1. The van der Waals surface area contributed by atoms with Crippen molar-refractivity contribution in [3.8, 4) is 5.75 Å². The van der Waals surface area contributed by atoms with Gasteiger partial charge in [-0.2, -0.15) is 4.37 Å². The van der Waals surface area contributed by atoms with Crippen LogP contribution in [0.1, 0.15) is 30.3 Å². The fraction of sp³-hybridized carbons (Fsp3) is 0.348. The Labute approximate surface area is 182 Å². The van der Waals surface area contributed by atoms with Crippen molar-refractivity contribution < 1.29 is 9.53 Å². The van der Waals surface area contributed by atoms with Crippen molar-refractivity contribution in [3.05, 3.63) is 71.5 Å². The van der Waals surface area contributed by atoms with Gasteiger partial charge in [-0.25, -0.2) is 4.98 Å².